The van der Waals surface area contributed by atoms with Gasteiger partial charge in [0.05, 0.1) is 0 Å². The van der Waals surface area contributed by atoms with Gasteiger partial charge >= 0.3 is 8.92 Å². The van der Waals surface area contributed by atoms with Gasteiger partial charge in [-0.3, -0.25) is 0 Å². The Morgan fingerprint density at radius 3 is 1.83 bits per heavy atom. The first-order valence-corrected chi connectivity index (χ1v) is 6.53. The zero-order chi connectivity index (χ0) is 5.21. The molecule has 0 aromatic carbocycles. The molecule has 2 nitrogen and oxygen atoms in total. The summed E-state index contributed by atoms with van der Waals surface area (Å²) in [6, 6.07) is 0. The van der Waals surface area contributed by atoms with Gasteiger partial charge in [-0.1, -0.05) is 0 Å². The Bertz CT molecular complexity index is 55.1. The molecule has 0 rings (SSSR count). The van der Waals surface area contributed by atoms with Crippen molar-refractivity contribution in [2.24, 2.45) is 0 Å². The van der Waals surface area contributed by atoms with E-state index in [1.54, 1.807) is 13.1 Å². The van der Waals surface area contributed by atoms with Crippen molar-refractivity contribution in [1.29, 1.82) is 0 Å². The second-order valence-corrected chi connectivity index (χ2v) is 9.27. The van der Waals surface area contributed by atoms with Crippen molar-refractivity contribution < 1.29 is 9.26 Å². The van der Waals surface area contributed by atoms with Crippen molar-refractivity contribution in [3.63, 3.8) is 0 Å². The van der Waals surface area contributed by atoms with Crippen LogP contribution < -0.4 is 0 Å². The molecule has 0 atom stereocenters. The van der Waals surface area contributed by atoms with E-state index in [-0.39, 0.29) is 0 Å². The lowest BCUT2D eigenvalue weighted by atomic mass is 11.9. The maximum Gasteiger partial charge on any atom is 0.336 e. The van der Waals surface area contributed by atoms with E-state index < -0.39 is 16.8 Å². The van der Waals surface area contributed by atoms with Crippen molar-refractivity contribution in [2.75, 3.05) is 0 Å². The summed E-state index contributed by atoms with van der Waals surface area (Å²) in [6.45, 7) is 3.27. The highest BCUT2D eigenvalue weighted by Crippen LogP contribution is 1.84. The van der Waals surface area contributed by atoms with E-state index >= 15 is 0 Å². The first-order chi connectivity index (χ1) is 2.56. The molecule has 0 aromatic heterocycles. The molecule has 0 aliphatic rings. The first-order valence-electron chi connectivity index (χ1n) is 1.68. The van der Waals surface area contributed by atoms with Crippen molar-refractivity contribution in [3.05, 3.63) is 0 Å². The molecule has 1 radical (unpaired) electrons. The van der Waals surface area contributed by atoms with Crippen LogP contribution in [0.25, 0.3) is 0 Å². The van der Waals surface area contributed by atoms with Crippen LogP contribution in [0, 0.1) is 0 Å². The molecule has 0 heterocycles. The zero-order valence-electron chi connectivity index (χ0n) is 3.86. The monoisotopic (exact) mass is 119 g/mol. The lowest BCUT2D eigenvalue weighted by molar-refractivity contribution is 0.548. The summed E-state index contributed by atoms with van der Waals surface area (Å²) >= 11 is 0. The van der Waals surface area contributed by atoms with Crippen molar-refractivity contribution >= 4 is 16.8 Å². The molecule has 0 saturated carbocycles. The SMILES string of the molecule is C[Si](C)(O)[Si]=O. The zero-order valence-corrected chi connectivity index (χ0v) is 5.86. The lowest BCUT2D eigenvalue weighted by Gasteiger charge is -1.96. The van der Waals surface area contributed by atoms with Gasteiger partial charge < -0.3 is 9.26 Å². The molecule has 6 heavy (non-hydrogen) atoms. The Hall–Kier alpha value is 0.194. The fraction of sp³-hybridized carbons (Fsp3) is 1.00. The minimum atomic E-state index is -2.16. The normalized spacial score (nSPS) is 11.2. The molecular formula is C2H7O2Si2. The van der Waals surface area contributed by atoms with Crippen LogP contribution in [-0.4, -0.2) is 21.6 Å². The van der Waals surface area contributed by atoms with Crippen LogP contribution in [0.3, 0.4) is 0 Å². The second kappa shape index (κ2) is 1.77. The Labute approximate surface area is 40.0 Å². The van der Waals surface area contributed by atoms with Crippen molar-refractivity contribution in [1.82, 2.24) is 0 Å². The summed E-state index contributed by atoms with van der Waals surface area (Å²) in [6.07, 6.45) is 0. The molecule has 0 aliphatic carbocycles. The van der Waals surface area contributed by atoms with Gasteiger partial charge in [0.2, 0.25) is 7.83 Å². The van der Waals surface area contributed by atoms with Gasteiger partial charge in [-0.15, -0.1) is 0 Å². The predicted molar refractivity (Wildman–Crippen MR) is 26.1 cm³/mol. The summed E-state index contributed by atoms with van der Waals surface area (Å²) in [5.74, 6) is 0. The fourth-order valence-corrected chi connectivity index (χ4v) is 0. The van der Waals surface area contributed by atoms with Crippen LogP contribution in [0.15, 0.2) is 0 Å². The molecule has 0 fully saturated rings. The molecule has 0 saturated heterocycles. The highest BCUT2D eigenvalue weighted by molar-refractivity contribution is 7.13. The third kappa shape index (κ3) is 4.19. The molecule has 0 amide bonds. The average Bonchev–Trinajstić information content (AvgIpc) is 1.35. The summed E-state index contributed by atoms with van der Waals surface area (Å²) in [4.78, 5) is 8.67. The van der Waals surface area contributed by atoms with E-state index in [9.17, 15) is 4.46 Å². The number of rotatable bonds is 1. The molecule has 0 bridgehead atoms. The Kier molecular flexibility index (Phi) is 1.82. The van der Waals surface area contributed by atoms with Crippen molar-refractivity contribution in [3.8, 4) is 0 Å². The predicted octanol–water partition coefficient (Wildman–Crippen LogP) is -0.270. The van der Waals surface area contributed by atoms with E-state index in [1.165, 1.54) is 0 Å². The summed E-state index contributed by atoms with van der Waals surface area (Å²) in [5, 5.41) is 0. The van der Waals surface area contributed by atoms with Crippen LogP contribution >= 0.6 is 0 Å². The Morgan fingerprint density at radius 2 is 1.83 bits per heavy atom. The van der Waals surface area contributed by atoms with Gasteiger partial charge in [-0.2, -0.15) is 0 Å². The highest BCUT2D eigenvalue weighted by Gasteiger charge is 2.15. The van der Waals surface area contributed by atoms with Gasteiger partial charge in [-0.25, -0.2) is 0 Å². The van der Waals surface area contributed by atoms with Crippen molar-refractivity contribution in [2.45, 2.75) is 13.1 Å². The largest absolute Gasteiger partial charge is 0.428 e. The standard InChI is InChI=1S/C2H7O2Si2/c1-6(2,4)5-3/h4H,1-2H3. The average molecular weight is 119 g/mol. The summed E-state index contributed by atoms with van der Waals surface area (Å²) in [5.41, 5.74) is 0. The van der Waals surface area contributed by atoms with Crippen LogP contribution in [0.1, 0.15) is 0 Å². The smallest absolute Gasteiger partial charge is 0.336 e. The van der Waals surface area contributed by atoms with Crippen LogP contribution in [-0.2, 0) is 4.46 Å². The minimum Gasteiger partial charge on any atom is -0.428 e. The third-order valence-electron chi connectivity index (χ3n) is 0.250. The lowest BCUT2D eigenvalue weighted by Crippen LogP contribution is -2.28. The van der Waals surface area contributed by atoms with E-state index in [4.69, 9.17) is 4.80 Å². The fourth-order valence-electron chi connectivity index (χ4n) is 0. The molecule has 1 N–H and O–H groups in total. The highest BCUT2D eigenvalue weighted by atomic mass is 29.2. The van der Waals surface area contributed by atoms with Gasteiger partial charge in [-0.05, 0) is 13.1 Å². The number of hydrogen-bond donors (Lipinski definition) is 1. The van der Waals surface area contributed by atoms with Crippen LogP contribution in [0.5, 0.6) is 0 Å². The van der Waals surface area contributed by atoms with E-state index in [0.29, 0.717) is 0 Å². The second-order valence-electron chi connectivity index (χ2n) is 1.66. The maximum absolute atomic E-state index is 9.79. The van der Waals surface area contributed by atoms with Crippen LogP contribution in [0.2, 0.25) is 13.1 Å². The maximum atomic E-state index is 9.79. The third-order valence-corrected chi connectivity index (χ3v) is 2.25. The summed E-state index contributed by atoms with van der Waals surface area (Å²) in [7, 11) is -2.65. The van der Waals surface area contributed by atoms with E-state index in [1.807, 2.05) is 0 Å². The Balaban J connectivity index is 3.45. The number of hydrogen-bond acceptors (Lipinski definition) is 2. The molecular weight excluding hydrogens is 112 g/mol. The van der Waals surface area contributed by atoms with Crippen LogP contribution in [0.4, 0.5) is 0 Å². The van der Waals surface area contributed by atoms with Gasteiger partial charge in [0.25, 0.3) is 0 Å². The van der Waals surface area contributed by atoms with E-state index in [0.717, 1.165) is 0 Å². The minimum absolute atomic E-state index is 0.488. The van der Waals surface area contributed by atoms with Gasteiger partial charge in [0.15, 0.2) is 0 Å². The molecule has 0 aromatic rings. The quantitative estimate of drug-likeness (QED) is 0.482. The topological polar surface area (TPSA) is 37.3 Å². The van der Waals surface area contributed by atoms with E-state index in [2.05, 4.69) is 0 Å². The summed E-state index contributed by atoms with van der Waals surface area (Å²) < 4.78 is 9.79. The molecule has 4 heteroatoms. The van der Waals surface area contributed by atoms with Gasteiger partial charge in [0.1, 0.15) is 0 Å². The molecule has 0 aliphatic heterocycles. The molecule has 0 spiro atoms. The molecule has 0 unspecified atom stereocenters. The molecule has 35 valence electrons. The van der Waals surface area contributed by atoms with Gasteiger partial charge in [0, 0.05) is 0 Å². The first kappa shape index (κ1) is 6.19. The Morgan fingerprint density at radius 1 is 1.67 bits per heavy atom.